The van der Waals surface area contributed by atoms with Gasteiger partial charge in [0, 0.05) is 12.3 Å². The van der Waals surface area contributed by atoms with E-state index in [1.807, 2.05) is 6.92 Å². The van der Waals surface area contributed by atoms with Crippen LogP contribution < -0.4 is 0 Å². The average molecular weight is 172 g/mol. The van der Waals surface area contributed by atoms with Crippen molar-refractivity contribution in [3.63, 3.8) is 0 Å². The summed E-state index contributed by atoms with van der Waals surface area (Å²) >= 11 is 0. The van der Waals surface area contributed by atoms with Crippen LogP contribution in [-0.4, -0.2) is 16.9 Å². The van der Waals surface area contributed by atoms with E-state index in [0.717, 1.165) is 12.8 Å². The third-order valence-electron chi connectivity index (χ3n) is 1.92. The molecule has 0 amide bonds. The largest absolute Gasteiger partial charge is 0.481 e. The molecule has 70 valence electrons. The van der Waals surface area contributed by atoms with Crippen LogP contribution in [0.15, 0.2) is 0 Å². The molecule has 0 radical (unpaired) electrons. The fourth-order valence-corrected chi connectivity index (χ4v) is 1.20. The van der Waals surface area contributed by atoms with Crippen LogP contribution in [0.1, 0.15) is 39.5 Å². The Bertz CT molecular complexity index is 163. The molecule has 0 aliphatic carbocycles. The van der Waals surface area contributed by atoms with Gasteiger partial charge in [0.2, 0.25) is 0 Å². The second-order valence-corrected chi connectivity index (χ2v) is 3.03. The molecule has 0 bridgehead atoms. The number of carbonyl (C=O) groups excluding carboxylic acids is 1. The highest BCUT2D eigenvalue weighted by Gasteiger charge is 2.13. The number of aliphatic carboxylic acids is 1. The van der Waals surface area contributed by atoms with Crippen molar-refractivity contribution in [3.8, 4) is 0 Å². The van der Waals surface area contributed by atoms with Crippen LogP contribution in [0.4, 0.5) is 0 Å². The Morgan fingerprint density at radius 2 is 1.92 bits per heavy atom. The SMILES string of the molecule is CCC[C@@H](CCC(=O)O)C(C)=O. The lowest BCUT2D eigenvalue weighted by atomic mass is 9.94. The molecule has 0 unspecified atom stereocenters. The smallest absolute Gasteiger partial charge is 0.303 e. The Morgan fingerprint density at radius 3 is 2.25 bits per heavy atom. The molecule has 0 aromatic heterocycles. The molecule has 1 N–H and O–H groups in total. The van der Waals surface area contributed by atoms with Crippen molar-refractivity contribution >= 4 is 11.8 Å². The second-order valence-electron chi connectivity index (χ2n) is 3.03. The summed E-state index contributed by atoms with van der Waals surface area (Å²) in [6, 6.07) is 0. The lowest BCUT2D eigenvalue weighted by Crippen LogP contribution is -2.12. The van der Waals surface area contributed by atoms with E-state index in [2.05, 4.69) is 0 Å². The number of ketones is 1. The van der Waals surface area contributed by atoms with Gasteiger partial charge in [-0.2, -0.15) is 0 Å². The Balaban J connectivity index is 3.79. The summed E-state index contributed by atoms with van der Waals surface area (Å²) < 4.78 is 0. The molecule has 0 aromatic rings. The van der Waals surface area contributed by atoms with Gasteiger partial charge in [0.1, 0.15) is 5.78 Å². The van der Waals surface area contributed by atoms with Crippen molar-refractivity contribution in [2.45, 2.75) is 39.5 Å². The molecule has 1 atom stereocenters. The van der Waals surface area contributed by atoms with Crippen LogP contribution >= 0.6 is 0 Å². The highest BCUT2D eigenvalue weighted by atomic mass is 16.4. The van der Waals surface area contributed by atoms with Crippen molar-refractivity contribution < 1.29 is 14.7 Å². The number of carboxylic acid groups (broad SMARTS) is 1. The molecule has 0 spiro atoms. The average Bonchev–Trinajstić information content (AvgIpc) is 1.96. The second kappa shape index (κ2) is 5.75. The molecular formula is C9H16O3. The van der Waals surface area contributed by atoms with Gasteiger partial charge in [-0.3, -0.25) is 9.59 Å². The lowest BCUT2D eigenvalue weighted by Gasteiger charge is -2.09. The van der Waals surface area contributed by atoms with Gasteiger partial charge in [-0.25, -0.2) is 0 Å². The van der Waals surface area contributed by atoms with Crippen molar-refractivity contribution in [2.75, 3.05) is 0 Å². The summed E-state index contributed by atoms with van der Waals surface area (Å²) in [5.41, 5.74) is 0. The predicted octanol–water partition coefficient (Wildman–Crippen LogP) is 1.86. The van der Waals surface area contributed by atoms with Gasteiger partial charge in [-0.1, -0.05) is 13.3 Å². The maximum Gasteiger partial charge on any atom is 0.303 e. The highest BCUT2D eigenvalue weighted by Crippen LogP contribution is 2.14. The van der Waals surface area contributed by atoms with Crippen LogP contribution in [0.25, 0.3) is 0 Å². The molecule has 0 fully saturated rings. The van der Waals surface area contributed by atoms with Gasteiger partial charge in [0.05, 0.1) is 0 Å². The monoisotopic (exact) mass is 172 g/mol. The Hall–Kier alpha value is -0.860. The number of carbonyl (C=O) groups is 2. The number of carboxylic acids is 1. The van der Waals surface area contributed by atoms with Crippen LogP contribution in [0.3, 0.4) is 0 Å². The normalized spacial score (nSPS) is 12.5. The molecule has 0 saturated heterocycles. The highest BCUT2D eigenvalue weighted by molar-refractivity contribution is 5.79. The number of Topliss-reactive ketones (excluding diaryl/α,β-unsaturated/α-hetero) is 1. The Morgan fingerprint density at radius 1 is 1.33 bits per heavy atom. The molecule has 12 heavy (non-hydrogen) atoms. The molecular weight excluding hydrogens is 156 g/mol. The van der Waals surface area contributed by atoms with E-state index in [1.165, 1.54) is 6.92 Å². The molecule has 3 nitrogen and oxygen atoms in total. The summed E-state index contributed by atoms with van der Waals surface area (Å²) in [7, 11) is 0. The predicted molar refractivity (Wildman–Crippen MR) is 45.9 cm³/mol. The molecule has 0 saturated carbocycles. The third-order valence-corrected chi connectivity index (χ3v) is 1.92. The summed E-state index contributed by atoms with van der Waals surface area (Å²) in [5.74, 6) is -0.762. The topological polar surface area (TPSA) is 54.4 Å². The molecule has 0 aliphatic rings. The zero-order valence-corrected chi connectivity index (χ0v) is 7.67. The number of hydrogen-bond acceptors (Lipinski definition) is 2. The van der Waals surface area contributed by atoms with Crippen LogP contribution in [0.2, 0.25) is 0 Å². The first-order valence-corrected chi connectivity index (χ1v) is 4.30. The van der Waals surface area contributed by atoms with E-state index in [4.69, 9.17) is 5.11 Å². The van der Waals surface area contributed by atoms with E-state index in [1.54, 1.807) is 0 Å². The molecule has 0 aliphatic heterocycles. The van der Waals surface area contributed by atoms with Crippen LogP contribution in [-0.2, 0) is 9.59 Å². The fraction of sp³-hybridized carbons (Fsp3) is 0.778. The van der Waals surface area contributed by atoms with Gasteiger partial charge in [-0.05, 0) is 19.8 Å². The van der Waals surface area contributed by atoms with E-state index in [-0.39, 0.29) is 18.1 Å². The minimum atomic E-state index is -0.822. The molecule has 0 heterocycles. The van der Waals surface area contributed by atoms with Gasteiger partial charge >= 0.3 is 5.97 Å². The van der Waals surface area contributed by atoms with E-state index in [0.29, 0.717) is 6.42 Å². The standard InChI is InChI=1S/C9H16O3/c1-3-4-8(7(2)10)5-6-9(11)12/h8H,3-6H2,1-2H3,(H,11,12)/t8-/m0/s1. The van der Waals surface area contributed by atoms with E-state index in [9.17, 15) is 9.59 Å². The van der Waals surface area contributed by atoms with Crippen molar-refractivity contribution in [3.05, 3.63) is 0 Å². The zero-order chi connectivity index (χ0) is 9.56. The van der Waals surface area contributed by atoms with Gasteiger partial charge in [0.25, 0.3) is 0 Å². The summed E-state index contributed by atoms with van der Waals surface area (Å²) in [6.07, 6.45) is 2.33. The molecule has 0 rings (SSSR count). The summed E-state index contributed by atoms with van der Waals surface area (Å²) in [6.45, 7) is 3.53. The van der Waals surface area contributed by atoms with E-state index >= 15 is 0 Å². The maximum atomic E-state index is 11.0. The zero-order valence-electron chi connectivity index (χ0n) is 7.67. The Labute approximate surface area is 72.8 Å². The van der Waals surface area contributed by atoms with Crippen LogP contribution in [0.5, 0.6) is 0 Å². The minimum absolute atomic E-state index is 0.0499. The fourth-order valence-electron chi connectivity index (χ4n) is 1.20. The number of rotatable bonds is 6. The van der Waals surface area contributed by atoms with E-state index < -0.39 is 5.97 Å². The first-order valence-electron chi connectivity index (χ1n) is 4.30. The quantitative estimate of drug-likeness (QED) is 0.665. The first-order chi connectivity index (χ1) is 5.57. The molecule has 3 heteroatoms. The maximum absolute atomic E-state index is 11.0. The van der Waals surface area contributed by atoms with Gasteiger partial charge in [-0.15, -0.1) is 0 Å². The summed E-state index contributed by atoms with van der Waals surface area (Å²) in [4.78, 5) is 21.2. The van der Waals surface area contributed by atoms with Crippen molar-refractivity contribution in [1.29, 1.82) is 0 Å². The summed E-state index contributed by atoms with van der Waals surface area (Å²) in [5, 5.41) is 8.40. The minimum Gasteiger partial charge on any atom is -0.481 e. The van der Waals surface area contributed by atoms with Gasteiger partial charge < -0.3 is 5.11 Å². The number of hydrogen-bond donors (Lipinski definition) is 1. The van der Waals surface area contributed by atoms with Crippen molar-refractivity contribution in [1.82, 2.24) is 0 Å². The van der Waals surface area contributed by atoms with Gasteiger partial charge in [0.15, 0.2) is 0 Å². The third kappa shape index (κ3) is 4.88. The van der Waals surface area contributed by atoms with Crippen LogP contribution in [0, 0.1) is 5.92 Å². The Kier molecular flexibility index (Phi) is 5.34. The molecule has 0 aromatic carbocycles. The lowest BCUT2D eigenvalue weighted by molar-refractivity contribution is -0.137. The first kappa shape index (κ1) is 11.1. The van der Waals surface area contributed by atoms with Crippen molar-refractivity contribution in [2.24, 2.45) is 5.92 Å².